The largest absolute Gasteiger partial charge is 0.321 e. The van der Waals surface area contributed by atoms with Gasteiger partial charge in [0, 0.05) is 5.38 Å². The second-order valence-corrected chi connectivity index (χ2v) is 4.89. The van der Waals surface area contributed by atoms with Crippen molar-refractivity contribution < 1.29 is 0 Å². The SMILES string of the molecule is CCCCc1nc(C(C)(C)N)cs1. The van der Waals surface area contributed by atoms with Crippen molar-refractivity contribution in [1.29, 1.82) is 0 Å². The van der Waals surface area contributed by atoms with E-state index < -0.39 is 0 Å². The second-order valence-electron chi connectivity index (χ2n) is 3.95. The summed E-state index contributed by atoms with van der Waals surface area (Å²) in [5.41, 5.74) is 6.67. The van der Waals surface area contributed by atoms with Gasteiger partial charge in [-0.1, -0.05) is 13.3 Å². The molecule has 13 heavy (non-hydrogen) atoms. The van der Waals surface area contributed by atoms with Crippen LogP contribution in [0.5, 0.6) is 0 Å². The maximum Gasteiger partial charge on any atom is 0.0929 e. The minimum atomic E-state index is -0.291. The van der Waals surface area contributed by atoms with E-state index in [0.717, 1.165) is 12.1 Å². The molecule has 0 aliphatic rings. The summed E-state index contributed by atoms with van der Waals surface area (Å²) >= 11 is 1.73. The third-order valence-corrected chi connectivity index (χ3v) is 2.86. The Kier molecular flexibility index (Phi) is 3.45. The molecule has 1 aromatic heterocycles. The number of nitrogens with two attached hydrogens (primary N) is 1. The van der Waals surface area contributed by atoms with E-state index in [4.69, 9.17) is 5.73 Å². The van der Waals surface area contributed by atoms with Crippen LogP contribution < -0.4 is 5.73 Å². The highest BCUT2D eigenvalue weighted by Gasteiger charge is 2.17. The Morgan fingerprint density at radius 3 is 2.69 bits per heavy atom. The third-order valence-electron chi connectivity index (χ3n) is 1.96. The van der Waals surface area contributed by atoms with Gasteiger partial charge in [0.05, 0.1) is 16.2 Å². The van der Waals surface area contributed by atoms with Crippen molar-refractivity contribution in [2.45, 2.75) is 45.6 Å². The first-order valence-corrected chi connectivity index (χ1v) is 5.65. The van der Waals surface area contributed by atoms with E-state index in [1.54, 1.807) is 11.3 Å². The summed E-state index contributed by atoms with van der Waals surface area (Å²) in [4.78, 5) is 4.51. The molecule has 2 N–H and O–H groups in total. The minimum Gasteiger partial charge on any atom is -0.321 e. The number of rotatable bonds is 4. The molecule has 0 atom stereocenters. The Morgan fingerprint density at radius 2 is 2.23 bits per heavy atom. The van der Waals surface area contributed by atoms with Crippen molar-refractivity contribution in [1.82, 2.24) is 4.98 Å². The molecule has 3 heteroatoms. The first-order chi connectivity index (χ1) is 6.04. The highest BCUT2D eigenvalue weighted by atomic mass is 32.1. The molecule has 0 saturated carbocycles. The molecule has 0 aliphatic carbocycles. The molecule has 0 saturated heterocycles. The molecular formula is C10H18N2S. The average molecular weight is 198 g/mol. The van der Waals surface area contributed by atoms with E-state index >= 15 is 0 Å². The molecule has 0 spiro atoms. The molecule has 1 heterocycles. The number of hydrogen-bond acceptors (Lipinski definition) is 3. The van der Waals surface area contributed by atoms with Gasteiger partial charge in [0.2, 0.25) is 0 Å². The summed E-state index contributed by atoms with van der Waals surface area (Å²) < 4.78 is 0. The quantitative estimate of drug-likeness (QED) is 0.808. The van der Waals surface area contributed by atoms with Crippen LogP contribution in [0.2, 0.25) is 0 Å². The van der Waals surface area contributed by atoms with Gasteiger partial charge in [0.25, 0.3) is 0 Å². The monoisotopic (exact) mass is 198 g/mol. The van der Waals surface area contributed by atoms with E-state index in [1.807, 2.05) is 13.8 Å². The molecule has 0 fully saturated rings. The van der Waals surface area contributed by atoms with Gasteiger partial charge in [0.15, 0.2) is 0 Å². The minimum absolute atomic E-state index is 0.291. The van der Waals surface area contributed by atoms with Crippen molar-refractivity contribution in [2.24, 2.45) is 5.73 Å². The van der Waals surface area contributed by atoms with Crippen LogP contribution in [0.15, 0.2) is 5.38 Å². The van der Waals surface area contributed by atoms with Gasteiger partial charge in [-0.15, -0.1) is 11.3 Å². The molecule has 0 unspecified atom stereocenters. The van der Waals surface area contributed by atoms with Crippen LogP contribution in [0.25, 0.3) is 0 Å². The van der Waals surface area contributed by atoms with E-state index in [-0.39, 0.29) is 5.54 Å². The number of thiazole rings is 1. The van der Waals surface area contributed by atoms with Crippen LogP contribution in [-0.2, 0) is 12.0 Å². The molecule has 0 aliphatic heterocycles. The Morgan fingerprint density at radius 1 is 1.54 bits per heavy atom. The molecule has 74 valence electrons. The van der Waals surface area contributed by atoms with Gasteiger partial charge in [-0.2, -0.15) is 0 Å². The maximum absolute atomic E-state index is 5.94. The first kappa shape index (κ1) is 10.7. The zero-order valence-corrected chi connectivity index (χ0v) is 9.45. The smallest absolute Gasteiger partial charge is 0.0929 e. The zero-order valence-electron chi connectivity index (χ0n) is 8.63. The fourth-order valence-electron chi connectivity index (χ4n) is 1.05. The number of aromatic nitrogens is 1. The van der Waals surface area contributed by atoms with Crippen molar-refractivity contribution in [3.8, 4) is 0 Å². The lowest BCUT2D eigenvalue weighted by Crippen LogP contribution is -2.29. The first-order valence-electron chi connectivity index (χ1n) is 4.78. The lowest BCUT2D eigenvalue weighted by molar-refractivity contribution is 0.536. The van der Waals surface area contributed by atoms with Crippen LogP contribution in [0.3, 0.4) is 0 Å². The summed E-state index contributed by atoms with van der Waals surface area (Å²) in [6.07, 6.45) is 3.54. The van der Waals surface area contributed by atoms with Crippen molar-refractivity contribution in [3.05, 3.63) is 16.1 Å². The Bertz CT molecular complexity index is 260. The predicted molar refractivity (Wildman–Crippen MR) is 57.9 cm³/mol. The Balaban J connectivity index is 2.64. The molecule has 0 radical (unpaired) electrons. The van der Waals surface area contributed by atoms with E-state index in [0.29, 0.717) is 0 Å². The van der Waals surface area contributed by atoms with Crippen LogP contribution in [0.4, 0.5) is 0 Å². The van der Waals surface area contributed by atoms with Gasteiger partial charge in [0.1, 0.15) is 0 Å². The van der Waals surface area contributed by atoms with E-state index in [1.165, 1.54) is 17.8 Å². The van der Waals surface area contributed by atoms with Crippen LogP contribution in [0, 0.1) is 0 Å². The maximum atomic E-state index is 5.94. The van der Waals surface area contributed by atoms with Crippen molar-refractivity contribution in [3.63, 3.8) is 0 Å². The van der Waals surface area contributed by atoms with Crippen LogP contribution in [0.1, 0.15) is 44.3 Å². The zero-order chi connectivity index (χ0) is 9.90. The lowest BCUT2D eigenvalue weighted by atomic mass is 10.0. The fourth-order valence-corrected chi connectivity index (χ4v) is 2.07. The predicted octanol–water partition coefficient (Wildman–Crippen LogP) is 2.68. The molecule has 1 aromatic rings. The molecule has 0 aromatic carbocycles. The molecule has 0 bridgehead atoms. The number of hydrogen-bond donors (Lipinski definition) is 1. The standard InChI is InChI=1S/C10H18N2S/c1-4-5-6-9-12-8(7-13-9)10(2,3)11/h7H,4-6,11H2,1-3H3. The average Bonchev–Trinajstić information content (AvgIpc) is 2.47. The normalized spacial score (nSPS) is 12.0. The van der Waals surface area contributed by atoms with Gasteiger partial charge < -0.3 is 5.73 Å². The van der Waals surface area contributed by atoms with E-state index in [9.17, 15) is 0 Å². The van der Waals surface area contributed by atoms with Crippen LogP contribution in [-0.4, -0.2) is 4.98 Å². The molecule has 1 rings (SSSR count). The summed E-state index contributed by atoms with van der Waals surface area (Å²) in [6, 6.07) is 0. The summed E-state index contributed by atoms with van der Waals surface area (Å²) in [5.74, 6) is 0. The summed E-state index contributed by atoms with van der Waals surface area (Å²) in [7, 11) is 0. The van der Waals surface area contributed by atoms with Gasteiger partial charge in [-0.05, 0) is 26.7 Å². The molecule has 0 amide bonds. The lowest BCUT2D eigenvalue weighted by Gasteiger charge is -2.14. The number of aryl methyl sites for hydroxylation is 1. The highest BCUT2D eigenvalue weighted by molar-refractivity contribution is 7.09. The number of nitrogens with zero attached hydrogens (tertiary/aromatic N) is 1. The third kappa shape index (κ3) is 3.08. The van der Waals surface area contributed by atoms with Gasteiger partial charge >= 0.3 is 0 Å². The van der Waals surface area contributed by atoms with Crippen LogP contribution >= 0.6 is 11.3 Å². The topological polar surface area (TPSA) is 38.9 Å². The molecule has 2 nitrogen and oxygen atoms in total. The van der Waals surface area contributed by atoms with Crippen molar-refractivity contribution in [2.75, 3.05) is 0 Å². The second kappa shape index (κ2) is 4.20. The van der Waals surface area contributed by atoms with E-state index in [2.05, 4.69) is 17.3 Å². The Hall–Kier alpha value is -0.410. The number of unbranched alkanes of at least 4 members (excludes halogenated alkanes) is 1. The van der Waals surface area contributed by atoms with Gasteiger partial charge in [-0.3, -0.25) is 0 Å². The van der Waals surface area contributed by atoms with Crippen molar-refractivity contribution >= 4 is 11.3 Å². The van der Waals surface area contributed by atoms with Gasteiger partial charge in [-0.25, -0.2) is 4.98 Å². The highest BCUT2D eigenvalue weighted by Crippen LogP contribution is 2.20. The fraction of sp³-hybridized carbons (Fsp3) is 0.700. The summed E-state index contributed by atoms with van der Waals surface area (Å²) in [6.45, 7) is 6.18. The Labute approximate surface area is 84.2 Å². The molecular weight excluding hydrogens is 180 g/mol. The summed E-state index contributed by atoms with van der Waals surface area (Å²) in [5, 5.41) is 3.29.